The van der Waals surface area contributed by atoms with Crippen molar-refractivity contribution in [3.8, 4) is 11.8 Å². The number of ether oxygens (including phenoxy) is 2. The van der Waals surface area contributed by atoms with Gasteiger partial charge in [-0.15, -0.1) is 0 Å². The zero-order valence-electron chi connectivity index (χ0n) is 10.9. The summed E-state index contributed by atoms with van der Waals surface area (Å²) in [5.41, 5.74) is 0.821. The maximum atomic E-state index is 9.60. The number of nitrogens with zero attached hydrogens (tertiary/aromatic N) is 1. The minimum atomic E-state index is -0.336. The van der Waals surface area contributed by atoms with Crippen LogP contribution in [0, 0.1) is 16.7 Å². The highest BCUT2D eigenvalue weighted by atomic mass is 79.9. The van der Waals surface area contributed by atoms with Gasteiger partial charge in [-0.2, -0.15) is 5.26 Å². The van der Waals surface area contributed by atoms with E-state index in [0.29, 0.717) is 6.10 Å². The van der Waals surface area contributed by atoms with E-state index < -0.39 is 0 Å². The summed E-state index contributed by atoms with van der Waals surface area (Å²) in [6.07, 6.45) is 4.18. The topological polar surface area (TPSA) is 42.2 Å². The van der Waals surface area contributed by atoms with Gasteiger partial charge in [-0.25, -0.2) is 0 Å². The maximum Gasteiger partial charge on any atom is 0.133 e. The largest absolute Gasteiger partial charge is 0.496 e. The predicted octanol–water partition coefficient (Wildman–Crippen LogP) is 3.46. The molecular weight excluding hydrogens is 306 g/mol. The van der Waals surface area contributed by atoms with Gasteiger partial charge in [0.15, 0.2) is 0 Å². The van der Waals surface area contributed by atoms with Crippen molar-refractivity contribution in [1.29, 1.82) is 5.26 Å². The van der Waals surface area contributed by atoms with Gasteiger partial charge < -0.3 is 9.47 Å². The molecule has 3 unspecified atom stereocenters. The minimum Gasteiger partial charge on any atom is -0.496 e. The quantitative estimate of drug-likeness (QED) is 0.856. The van der Waals surface area contributed by atoms with Gasteiger partial charge in [0.05, 0.1) is 35.3 Å². The van der Waals surface area contributed by atoms with Crippen molar-refractivity contribution >= 4 is 15.9 Å². The first-order chi connectivity index (χ1) is 9.16. The summed E-state index contributed by atoms with van der Waals surface area (Å²) in [5.74, 6) is 0.818. The van der Waals surface area contributed by atoms with Gasteiger partial charge in [0.2, 0.25) is 0 Å². The number of hydrogen-bond acceptors (Lipinski definition) is 3. The van der Waals surface area contributed by atoms with Crippen molar-refractivity contribution in [2.45, 2.75) is 37.9 Å². The lowest BCUT2D eigenvalue weighted by Crippen LogP contribution is -2.33. The van der Waals surface area contributed by atoms with Gasteiger partial charge in [-0.05, 0) is 59.3 Å². The Labute approximate surface area is 121 Å². The van der Waals surface area contributed by atoms with E-state index in [0.717, 1.165) is 41.5 Å². The van der Waals surface area contributed by atoms with Crippen molar-refractivity contribution in [2.75, 3.05) is 7.11 Å². The number of nitriles is 1. The molecule has 0 amide bonds. The molecule has 0 aromatic heterocycles. The van der Waals surface area contributed by atoms with E-state index in [1.165, 1.54) is 0 Å². The summed E-state index contributed by atoms with van der Waals surface area (Å²) >= 11 is 3.50. The maximum absolute atomic E-state index is 9.60. The first kappa shape index (κ1) is 13.0. The predicted molar refractivity (Wildman–Crippen MR) is 75.0 cm³/mol. The van der Waals surface area contributed by atoms with E-state index in [1.807, 2.05) is 18.2 Å². The van der Waals surface area contributed by atoms with Crippen molar-refractivity contribution in [3.05, 3.63) is 28.2 Å². The smallest absolute Gasteiger partial charge is 0.133 e. The van der Waals surface area contributed by atoms with Crippen LogP contribution in [0.15, 0.2) is 22.7 Å². The molecule has 2 aliphatic rings. The fourth-order valence-corrected chi connectivity index (χ4v) is 3.92. The molecule has 0 N–H and O–H groups in total. The molecule has 19 heavy (non-hydrogen) atoms. The number of halogens is 1. The molecule has 2 heterocycles. The summed E-state index contributed by atoms with van der Waals surface area (Å²) in [7, 11) is 1.65. The summed E-state index contributed by atoms with van der Waals surface area (Å²) < 4.78 is 12.0. The highest BCUT2D eigenvalue weighted by Gasteiger charge is 2.52. The van der Waals surface area contributed by atoms with Crippen LogP contribution in [0.3, 0.4) is 0 Å². The average Bonchev–Trinajstić information content (AvgIpc) is 3.00. The molecule has 100 valence electrons. The Hall–Kier alpha value is -1.05. The lowest BCUT2D eigenvalue weighted by molar-refractivity contribution is 0.0787. The summed E-state index contributed by atoms with van der Waals surface area (Å²) in [5, 5.41) is 9.60. The average molecular weight is 322 g/mol. The van der Waals surface area contributed by atoms with Crippen molar-refractivity contribution in [2.24, 2.45) is 5.41 Å². The molecular formula is C15H16BrNO2. The van der Waals surface area contributed by atoms with E-state index in [1.54, 1.807) is 7.11 Å². The van der Waals surface area contributed by atoms with Crippen molar-refractivity contribution in [3.63, 3.8) is 0 Å². The molecule has 2 bridgehead atoms. The lowest BCUT2D eigenvalue weighted by Gasteiger charge is -2.28. The van der Waals surface area contributed by atoms with E-state index in [4.69, 9.17) is 9.47 Å². The molecule has 3 rings (SSSR count). The second kappa shape index (κ2) is 4.81. The molecule has 0 aliphatic carbocycles. The Morgan fingerprint density at radius 3 is 2.89 bits per heavy atom. The third-order valence-corrected chi connectivity index (χ3v) is 4.89. The Balaban J connectivity index is 1.84. The summed E-state index contributed by atoms with van der Waals surface area (Å²) in [4.78, 5) is 0. The molecule has 3 atom stereocenters. The Morgan fingerprint density at radius 2 is 2.37 bits per heavy atom. The Kier molecular flexibility index (Phi) is 3.28. The molecule has 3 nitrogen and oxygen atoms in total. The molecule has 2 fully saturated rings. The van der Waals surface area contributed by atoms with E-state index in [2.05, 4.69) is 22.0 Å². The molecule has 0 radical (unpaired) electrons. The normalized spacial score (nSPS) is 32.3. The molecule has 0 saturated carbocycles. The fourth-order valence-electron chi connectivity index (χ4n) is 3.33. The molecule has 2 aliphatic heterocycles. The number of methoxy groups -OCH3 is 1. The van der Waals surface area contributed by atoms with Crippen LogP contribution in [-0.2, 0) is 11.2 Å². The van der Waals surface area contributed by atoms with E-state index in [9.17, 15) is 5.26 Å². The molecule has 2 saturated heterocycles. The van der Waals surface area contributed by atoms with Crippen LogP contribution >= 0.6 is 15.9 Å². The van der Waals surface area contributed by atoms with Gasteiger partial charge in [0.1, 0.15) is 5.75 Å². The number of benzene rings is 1. The number of rotatable bonds is 3. The second-order valence-electron chi connectivity index (χ2n) is 5.44. The monoisotopic (exact) mass is 321 g/mol. The molecule has 4 heteroatoms. The Bertz CT molecular complexity index is 539. The third-order valence-electron chi connectivity index (χ3n) is 4.27. The Morgan fingerprint density at radius 1 is 1.53 bits per heavy atom. The van der Waals surface area contributed by atoms with Crippen molar-refractivity contribution in [1.82, 2.24) is 0 Å². The van der Waals surface area contributed by atoms with Crippen LogP contribution in [0.25, 0.3) is 0 Å². The van der Waals surface area contributed by atoms with Gasteiger partial charge in [0.25, 0.3) is 0 Å². The van der Waals surface area contributed by atoms with Crippen LogP contribution in [0.4, 0.5) is 0 Å². The molecule has 1 aromatic carbocycles. The van der Waals surface area contributed by atoms with Crippen LogP contribution < -0.4 is 4.74 Å². The zero-order chi connectivity index (χ0) is 13.5. The van der Waals surface area contributed by atoms with E-state index >= 15 is 0 Å². The number of fused-ring (bicyclic) bond motifs is 2. The highest BCUT2D eigenvalue weighted by Crippen LogP contribution is 2.49. The van der Waals surface area contributed by atoms with Gasteiger partial charge >= 0.3 is 0 Å². The van der Waals surface area contributed by atoms with Crippen LogP contribution in [-0.4, -0.2) is 19.3 Å². The van der Waals surface area contributed by atoms with Crippen molar-refractivity contribution < 1.29 is 9.47 Å². The molecule has 1 aromatic rings. The van der Waals surface area contributed by atoms with Gasteiger partial charge in [-0.1, -0.05) is 6.07 Å². The first-order valence-corrected chi connectivity index (χ1v) is 7.35. The number of hydrogen-bond donors (Lipinski definition) is 0. The summed E-state index contributed by atoms with van der Waals surface area (Å²) in [6.45, 7) is 0. The SMILES string of the molecule is COc1ccc(CC2(C#N)CC3CCC2O3)cc1Br. The minimum absolute atomic E-state index is 0.114. The van der Waals surface area contributed by atoms with Crippen LogP contribution in [0.2, 0.25) is 0 Å². The lowest BCUT2D eigenvalue weighted by atomic mass is 9.71. The fraction of sp³-hybridized carbons (Fsp3) is 0.533. The molecule has 0 spiro atoms. The third kappa shape index (κ3) is 2.15. The van der Waals surface area contributed by atoms with Crippen LogP contribution in [0.1, 0.15) is 24.8 Å². The van der Waals surface area contributed by atoms with Gasteiger partial charge in [-0.3, -0.25) is 0 Å². The van der Waals surface area contributed by atoms with E-state index in [-0.39, 0.29) is 11.5 Å². The highest BCUT2D eigenvalue weighted by molar-refractivity contribution is 9.10. The standard InChI is InChI=1S/C15H16BrNO2/c1-18-13-4-2-10(6-12(13)16)7-15(9-17)8-11-3-5-14(15)19-11/h2,4,6,11,14H,3,5,7-8H2,1H3. The summed E-state index contributed by atoms with van der Waals surface area (Å²) in [6, 6.07) is 8.56. The van der Waals surface area contributed by atoms with Crippen LogP contribution in [0.5, 0.6) is 5.75 Å². The zero-order valence-corrected chi connectivity index (χ0v) is 12.4. The first-order valence-electron chi connectivity index (χ1n) is 6.56. The second-order valence-corrected chi connectivity index (χ2v) is 6.30. The van der Waals surface area contributed by atoms with Gasteiger partial charge in [0, 0.05) is 0 Å².